The molecule has 0 bridgehead atoms. The van der Waals surface area contributed by atoms with Crippen LogP contribution in [0.4, 0.5) is 4.39 Å². The van der Waals surface area contributed by atoms with Crippen molar-refractivity contribution in [2.75, 3.05) is 0 Å². The summed E-state index contributed by atoms with van der Waals surface area (Å²) in [6.45, 7) is 1.63. The number of benzene rings is 1. The highest BCUT2D eigenvalue weighted by Gasteiger charge is 2.09. The molecule has 0 spiro atoms. The molecule has 0 atom stereocenters. The van der Waals surface area contributed by atoms with Crippen molar-refractivity contribution in [1.82, 2.24) is 9.97 Å². The topological polar surface area (TPSA) is 48.6 Å². The molecule has 0 saturated carbocycles. The summed E-state index contributed by atoms with van der Waals surface area (Å²) in [6.07, 6.45) is 1.46. The van der Waals surface area contributed by atoms with E-state index in [4.69, 9.17) is 11.6 Å². The third kappa shape index (κ3) is 1.80. The molecule has 78 valence electrons. The van der Waals surface area contributed by atoms with Gasteiger partial charge in [-0.05, 0) is 24.6 Å². The standard InChI is InChI=1S/C10H8ClFN2O/c1-5-2-7(11)6(3-8(5)12)9-4-13-10(15)14-9/h2-4H,1H3,(H2,13,14,15). The van der Waals surface area contributed by atoms with E-state index in [0.29, 0.717) is 21.8 Å². The molecule has 2 aromatic rings. The van der Waals surface area contributed by atoms with Crippen LogP contribution < -0.4 is 5.69 Å². The highest BCUT2D eigenvalue weighted by atomic mass is 35.5. The van der Waals surface area contributed by atoms with Crippen molar-refractivity contribution in [1.29, 1.82) is 0 Å². The zero-order valence-electron chi connectivity index (χ0n) is 7.90. The fourth-order valence-electron chi connectivity index (χ4n) is 1.33. The first kappa shape index (κ1) is 9.98. The molecule has 0 fully saturated rings. The van der Waals surface area contributed by atoms with Gasteiger partial charge in [0.2, 0.25) is 0 Å². The van der Waals surface area contributed by atoms with E-state index in [0.717, 1.165) is 0 Å². The number of halogens is 2. The Bertz CT molecular complexity index is 559. The molecule has 3 nitrogen and oxygen atoms in total. The zero-order valence-corrected chi connectivity index (χ0v) is 8.65. The van der Waals surface area contributed by atoms with E-state index in [1.165, 1.54) is 18.3 Å². The summed E-state index contributed by atoms with van der Waals surface area (Å²) in [4.78, 5) is 15.8. The maximum Gasteiger partial charge on any atom is 0.323 e. The number of nitrogens with one attached hydrogen (secondary N) is 2. The molecule has 2 N–H and O–H groups in total. The van der Waals surface area contributed by atoms with Crippen LogP contribution in [0.3, 0.4) is 0 Å². The minimum atomic E-state index is -0.351. The molecule has 0 amide bonds. The van der Waals surface area contributed by atoms with Crippen molar-refractivity contribution in [3.8, 4) is 11.3 Å². The van der Waals surface area contributed by atoms with E-state index in [2.05, 4.69) is 9.97 Å². The van der Waals surface area contributed by atoms with Gasteiger partial charge in [-0.1, -0.05) is 11.6 Å². The predicted octanol–water partition coefficient (Wildman–Crippen LogP) is 2.47. The predicted molar refractivity (Wildman–Crippen MR) is 56.6 cm³/mol. The highest BCUT2D eigenvalue weighted by molar-refractivity contribution is 6.33. The van der Waals surface area contributed by atoms with Crippen LogP contribution in [0.15, 0.2) is 23.1 Å². The molecule has 0 aliphatic carbocycles. The van der Waals surface area contributed by atoms with Gasteiger partial charge in [0.1, 0.15) is 5.82 Å². The van der Waals surface area contributed by atoms with Crippen LogP contribution in [0, 0.1) is 12.7 Å². The Morgan fingerprint density at radius 3 is 2.73 bits per heavy atom. The average molecular weight is 227 g/mol. The van der Waals surface area contributed by atoms with Crippen molar-refractivity contribution in [2.24, 2.45) is 0 Å². The first-order chi connectivity index (χ1) is 7.08. The Balaban J connectivity index is 2.63. The van der Waals surface area contributed by atoms with E-state index in [1.54, 1.807) is 6.92 Å². The third-order valence-electron chi connectivity index (χ3n) is 2.13. The van der Waals surface area contributed by atoms with Crippen molar-refractivity contribution in [3.63, 3.8) is 0 Å². The van der Waals surface area contributed by atoms with Gasteiger partial charge in [0.05, 0.1) is 10.7 Å². The quantitative estimate of drug-likeness (QED) is 0.771. The van der Waals surface area contributed by atoms with Crippen LogP contribution in [-0.4, -0.2) is 9.97 Å². The van der Waals surface area contributed by atoms with Crippen LogP contribution in [0.5, 0.6) is 0 Å². The lowest BCUT2D eigenvalue weighted by atomic mass is 10.1. The number of aromatic nitrogens is 2. The molecule has 5 heteroatoms. The molecule has 1 aromatic heterocycles. The molecule has 0 aliphatic rings. The van der Waals surface area contributed by atoms with Crippen LogP contribution in [0.1, 0.15) is 5.56 Å². The molecular formula is C10H8ClFN2O. The van der Waals surface area contributed by atoms with Crippen LogP contribution in [-0.2, 0) is 0 Å². The lowest BCUT2D eigenvalue weighted by Crippen LogP contribution is -2.00. The maximum absolute atomic E-state index is 13.3. The number of aromatic amines is 2. The summed E-state index contributed by atoms with van der Waals surface area (Å²) in [7, 11) is 0. The van der Waals surface area contributed by atoms with Crippen molar-refractivity contribution < 1.29 is 4.39 Å². The molecule has 0 aliphatic heterocycles. The number of imidazole rings is 1. The van der Waals surface area contributed by atoms with Crippen LogP contribution in [0.25, 0.3) is 11.3 Å². The van der Waals surface area contributed by atoms with Gasteiger partial charge in [-0.2, -0.15) is 0 Å². The number of hydrogen-bond acceptors (Lipinski definition) is 1. The smallest absolute Gasteiger partial charge is 0.312 e. The lowest BCUT2D eigenvalue weighted by Gasteiger charge is -2.03. The van der Waals surface area contributed by atoms with E-state index in [1.807, 2.05) is 0 Å². The van der Waals surface area contributed by atoms with Crippen molar-refractivity contribution in [3.05, 3.63) is 45.2 Å². The van der Waals surface area contributed by atoms with Gasteiger partial charge in [-0.15, -0.1) is 0 Å². The van der Waals surface area contributed by atoms with Gasteiger partial charge >= 0.3 is 5.69 Å². The van der Waals surface area contributed by atoms with E-state index in [9.17, 15) is 9.18 Å². The largest absolute Gasteiger partial charge is 0.323 e. The van der Waals surface area contributed by atoms with Crippen molar-refractivity contribution in [2.45, 2.75) is 6.92 Å². The first-order valence-corrected chi connectivity index (χ1v) is 4.69. The fraction of sp³-hybridized carbons (Fsp3) is 0.100. The summed E-state index contributed by atoms with van der Waals surface area (Å²) in [5.41, 5.74) is 1.07. The monoisotopic (exact) mass is 226 g/mol. The molecule has 15 heavy (non-hydrogen) atoms. The van der Waals surface area contributed by atoms with Crippen LogP contribution >= 0.6 is 11.6 Å². The molecule has 0 unspecified atom stereocenters. The summed E-state index contributed by atoms with van der Waals surface area (Å²) in [5, 5.41) is 0.407. The second kappa shape index (κ2) is 3.55. The zero-order chi connectivity index (χ0) is 11.0. The first-order valence-electron chi connectivity index (χ1n) is 4.31. The Morgan fingerprint density at radius 2 is 2.13 bits per heavy atom. The number of hydrogen-bond donors (Lipinski definition) is 2. The summed E-state index contributed by atoms with van der Waals surface area (Å²) < 4.78 is 13.3. The Morgan fingerprint density at radius 1 is 1.40 bits per heavy atom. The average Bonchev–Trinajstić information content (AvgIpc) is 2.58. The summed E-state index contributed by atoms with van der Waals surface area (Å²) in [5.74, 6) is -0.351. The van der Waals surface area contributed by atoms with Gasteiger partial charge in [0, 0.05) is 11.8 Å². The van der Waals surface area contributed by atoms with Gasteiger partial charge < -0.3 is 9.97 Å². The van der Waals surface area contributed by atoms with E-state index < -0.39 is 0 Å². The second-order valence-corrected chi connectivity index (χ2v) is 3.64. The Labute approximate surface area is 89.9 Å². The van der Waals surface area contributed by atoms with Crippen molar-refractivity contribution >= 4 is 11.6 Å². The Hall–Kier alpha value is -1.55. The normalized spacial score (nSPS) is 10.6. The molecular weight excluding hydrogens is 219 g/mol. The number of rotatable bonds is 1. The van der Waals surface area contributed by atoms with Gasteiger partial charge in [-0.25, -0.2) is 9.18 Å². The van der Waals surface area contributed by atoms with Crippen LogP contribution in [0.2, 0.25) is 5.02 Å². The Kier molecular flexibility index (Phi) is 2.36. The number of aryl methyl sites for hydroxylation is 1. The second-order valence-electron chi connectivity index (χ2n) is 3.24. The van der Waals surface area contributed by atoms with E-state index >= 15 is 0 Å². The minimum Gasteiger partial charge on any atom is -0.312 e. The summed E-state index contributed by atoms with van der Waals surface area (Å²) >= 11 is 5.94. The van der Waals surface area contributed by atoms with Gasteiger partial charge in [0.15, 0.2) is 0 Å². The molecule has 0 saturated heterocycles. The highest BCUT2D eigenvalue weighted by Crippen LogP contribution is 2.27. The molecule has 1 aromatic carbocycles. The van der Waals surface area contributed by atoms with E-state index in [-0.39, 0.29) is 11.5 Å². The maximum atomic E-state index is 13.3. The third-order valence-corrected chi connectivity index (χ3v) is 2.45. The molecule has 0 radical (unpaired) electrons. The summed E-state index contributed by atoms with van der Waals surface area (Å²) in [6, 6.07) is 2.83. The molecule has 2 rings (SSSR count). The minimum absolute atomic E-state index is 0.345. The fourth-order valence-corrected chi connectivity index (χ4v) is 1.65. The number of H-pyrrole nitrogens is 2. The van der Waals surface area contributed by atoms with Gasteiger partial charge in [0.25, 0.3) is 0 Å². The van der Waals surface area contributed by atoms with Gasteiger partial charge in [-0.3, -0.25) is 0 Å². The molecule has 1 heterocycles. The lowest BCUT2D eigenvalue weighted by molar-refractivity contribution is 0.619. The SMILES string of the molecule is Cc1cc(Cl)c(-c2c[nH]c(=O)[nH]2)cc1F.